The summed E-state index contributed by atoms with van der Waals surface area (Å²) < 4.78 is 31.1. The van der Waals surface area contributed by atoms with Crippen molar-refractivity contribution in [2.75, 3.05) is 7.11 Å². The van der Waals surface area contributed by atoms with Crippen LogP contribution in [-0.4, -0.2) is 33.3 Å². The maximum absolute atomic E-state index is 11.3. The van der Waals surface area contributed by atoms with E-state index >= 15 is 0 Å². The number of rotatable bonds is 4. The molecule has 1 amide bonds. The van der Waals surface area contributed by atoms with Gasteiger partial charge in [0.25, 0.3) is 10.1 Å². The van der Waals surface area contributed by atoms with Crippen molar-refractivity contribution in [1.29, 1.82) is 0 Å². The summed E-state index contributed by atoms with van der Waals surface area (Å²) in [6.45, 7) is 6.83. The van der Waals surface area contributed by atoms with Gasteiger partial charge in [-0.3, -0.25) is 4.18 Å². The SMILES string of the molecule is COS(=O)(=O)/C=C/[C@H](C)NC(=O)OC(C)(C)C. The van der Waals surface area contributed by atoms with Crippen molar-refractivity contribution in [2.24, 2.45) is 0 Å². The Morgan fingerprint density at radius 1 is 1.35 bits per heavy atom. The largest absolute Gasteiger partial charge is 0.444 e. The van der Waals surface area contributed by atoms with E-state index in [0.29, 0.717) is 0 Å². The van der Waals surface area contributed by atoms with Crippen LogP contribution in [0.3, 0.4) is 0 Å². The highest BCUT2D eigenvalue weighted by Crippen LogP contribution is 2.06. The molecule has 1 N–H and O–H groups in total. The van der Waals surface area contributed by atoms with Gasteiger partial charge < -0.3 is 10.1 Å². The lowest BCUT2D eigenvalue weighted by Gasteiger charge is -2.20. The summed E-state index contributed by atoms with van der Waals surface area (Å²) >= 11 is 0. The number of amides is 1. The summed E-state index contributed by atoms with van der Waals surface area (Å²) in [5, 5.41) is 3.35. The molecule has 0 saturated heterocycles. The predicted molar refractivity (Wildman–Crippen MR) is 63.9 cm³/mol. The smallest absolute Gasteiger partial charge is 0.408 e. The van der Waals surface area contributed by atoms with Crippen LogP contribution < -0.4 is 5.32 Å². The molecule has 0 aromatic carbocycles. The number of hydrogen-bond donors (Lipinski definition) is 1. The lowest BCUT2D eigenvalue weighted by atomic mass is 10.2. The van der Waals surface area contributed by atoms with Crippen LogP contribution >= 0.6 is 0 Å². The first-order valence-corrected chi connectivity index (χ1v) is 6.51. The Labute approximate surface area is 102 Å². The van der Waals surface area contributed by atoms with Crippen LogP contribution in [0.1, 0.15) is 27.7 Å². The van der Waals surface area contributed by atoms with E-state index in [1.165, 1.54) is 6.08 Å². The quantitative estimate of drug-likeness (QED) is 0.777. The maximum Gasteiger partial charge on any atom is 0.408 e. The molecular weight excluding hydrogens is 246 g/mol. The zero-order valence-electron chi connectivity index (χ0n) is 10.7. The van der Waals surface area contributed by atoms with Gasteiger partial charge in [0.2, 0.25) is 0 Å². The third-order valence-corrected chi connectivity index (χ3v) is 2.47. The topological polar surface area (TPSA) is 81.7 Å². The number of carbonyl (C=O) groups excluding carboxylic acids is 1. The molecule has 1 atom stereocenters. The minimum absolute atomic E-state index is 0.477. The highest BCUT2D eigenvalue weighted by atomic mass is 32.2. The second kappa shape index (κ2) is 6.02. The third-order valence-electron chi connectivity index (χ3n) is 1.51. The first-order chi connectivity index (χ1) is 7.56. The molecule has 0 spiro atoms. The number of hydrogen-bond acceptors (Lipinski definition) is 5. The average molecular weight is 265 g/mol. The van der Waals surface area contributed by atoms with E-state index in [9.17, 15) is 13.2 Å². The van der Waals surface area contributed by atoms with Gasteiger partial charge in [-0.25, -0.2) is 4.79 Å². The Bertz CT molecular complexity index is 380. The molecule has 0 aliphatic carbocycles. The number of nitrogens with one attached hydrogen (secondary N) is 1. The van der Waals surface area contributed by atoms with Crippen molar-refractivity contribution in [3.05, 3.63) is 11.5 Å². The fourth-order valence-electron chi connectivity index (χ4n) is 0.811. The van der Waals surface area contributed by atoms with Gasteiger partial charge in [-0.2, -0.15) is 8.42 Å². The fourth-order valence-corrected chi connectivity index (χ4v) is 1.35. The highest BCUT2D eigenvalue weighted by Gasteiger charge is 2.17. The molecular formula is C10H19NO5S. The molecule has 0 radical (unpaired) electrons. The van der Waals surface area contributed by atoms with E-state index < -0.39 is 27.9 Å². The maximum atomic E-state index is 11.3. The summed E-state index contributed by atoms with van der Waals surface area (Å²) in [6.07, 6.45) is 0.687. The normalized spacial score (nSPS) is 14.6. The van der Waals surface area contributed by atoms with Crippen LogP contribution in [0.4, 0.5) is 4.79 Å². The molecule has 0 bridgehead atoms. The first-order valence-electron chi connectivity index (χ1n) is 5.04. The van der Waals surface area contributed by atoms with Crippen molar-refractivity contribution < 1.29 is 22.1 Å². The Morgan fingerprint density at radius 2 is 1.88 bits per heavy atom. The van der Waals surface area contributed by atoms with Gasteiger partial charge in [-0.05, 0) is 33.8 Å². The molecule has 0 fully saturated rings. The molecule has 0 heterocycles. The van der Waals surface area contributed by atoms with E-state index in [-0.39, 0.29) is 0 Å². The van der Waals surface area contributed by atoms with Crippen LogP contribution in [0.2, 0.25) is 0 Å². The molecule has 0 saturated carbocycles. The van der Waals surface area contributed by atoms with E-state index in [0.717, 1.165) is 12.5 Å². The first kappa shape index (κ1) is 15.9. The minimum Gasteiger partial charge on any atom is -0.444 e. The van der Waals surface area contributed by atoms with Crippen LogP contribution in [0, 0.1) is 0 Å². The van der Waals surface area contributed by atoms with E-state index in [1.54, 1.807) is 27.7 Å². The van der Waals surface area contributed by atoms with Crippen LogP contribution in [0.5, 0.6) is 0 Å². The van der Waals surface area contributed by atoms with E-state index in [2.05, 4.69) is 9.50 Å². The second-order valence-electron chi connectivity index (χ2n) is 4.42. The van der Waals surface area contributed by atoms with Crippen molar-refractivity contribution in [1.82, 2.24) is 5.32 Å². The Hall–Kier alpha value is -1.08. The van der Waals surface area contributed by atoms with Crippen LogP contribution in [-0.2, 0) is 19.0 Å². The molecule has 0 aliphatic rings. The average Bonchev–Trinajstić information content (AvgIpc) is 2.12. The van der Waals surface area contributed by atoms with Crippen LogP contribution in [0.15, 0.2) is 11.5 Å². The van der Waals surface area contributed by atoms with Gasteiger partial charge >= 0.3 is 6.09 Å². The lowest BCUT2D eigenvalue weighted by Crippen LogP contribution is -2.36. The third kappa shape index (κ3) is 8.70. The zero-order valence-corrected chi connectivity index (χ0v) is 11.5. The van der Waals surface area contributed by atoms with Gasteiger partial charge in [0.05, 0.1) is 12.5 Å². The number of carbonyl (C=O) groups is 1. The molecule has 0 aromatic heterocycles. The van der Waals surface area contributed by atoms with Gasteiger partial charge in [0.1, 0.15) is 5.60 Å². The second-order valence-corrected chi connectivity index (χ2v) is 6.01. The molecule has 0 aromatic rings. The predicted octanol–water partition coefficient (Wildman–Crippen LogP) is 1.39. The Kier molecular flexibility index (Phi) is 5.63. The Balaban J connectivity index is 4.29. The van der Waals surface area contributed by atoms with Gasteiger partial charge in [0.15, 0.2) is 0 Å². The molecule has 6 nitrogen and oxygen atoms in total. The fraction of sp³-hybridized carbons (Fsp3) is 0.700. The summed E-state index contributed by atoms with van der Waals surface area (Å²) in [5.41, 5.74) is -0.591. The molecule has 17 heavy (non-hydrogen) atoms. The number of alkyl carbamates (subject to hydrolysis) is 1. The highest BCUT2D eigenvalue weighted by molar-refractivity contribution is 7.89. The van der Waals surface area contributed by atoms with Crippen molar-refractivity contribution in [3.63, 3.8) is 0 Å². The van der Waals surface area contributed by atoms with Gasteiger partial charge in [-0.1, -0.05) is 0 Å². The zero-order chi connectivity index (χ0) is 13.7. The standard InChI is InChI=1S/C10H19NO5S/c1-8(6-7-17(13,14)15-5)11-9(12)16-10(2,3)4/h6-8H,1-5H3,(H,11,12)/b7-6+/t8-/m0/s1. The lowest BCUT2D eigenvalue weighted by molar-refractivity contribution is 0.0518. The molecule has 100 valence electrons. The molecule has 0 aliphatic heterocycles. The van der Waals surface area contributed by atoms with E-state index in [4.69, 9.17) is 4.74 Å². The Morgan fingerprint density at radius 3 is 2.29 bits per heavy atom. The number of ether oxygens (including phenoxy) is 1. The summed E-state index contributed by atoms with van der Waals surface area (Å²) in [4.78, 5) is 11.3. The summed E-state index contributed by atoms with van der Waals surface area (Å²) in [7, 11) is -2.60. The van der Waals surface area contributed by atoms with Crippen molar-refractivity contribution in [2.45, 2.75) is 39.3 Å². The molecule has 0 rings (SSSR count). The van der Waals surface area contributed by atoms with Crippen LogP contribution in [0.25, 0.3) is 0 Å². The minimum atomic E-state index is -3.66. The van der Waals surface area contributed by atoms with Crippen molar-refractivity contribution in [3.8, 4) is 0 Å². The molecule has 0 unspecified atom stereocenters. The summed E-state index contributed by atoms with van der Waals surface area (Å²) in [6, 6.07) is -0.477. The monoisotopic (exact) mass is 265 g/mol. The van der Waals surface area contributed by atoms with Gasteiger partial charge in [0, 0.05) is 6.04 Å². The van der Waals surface area contributed by atoms with Gasteiger partial charge in [-0.15, -0.1) is 0 Å². The molecule has 7 heteroatoms. The van der Waals surface area contributed by atoms with E-state index in [1.807, 2.05) is 0 Å². The summed E-state index contributed by atoms with van der Waals surface area (Å²) in [5.74, 6) is 0. The van der Waals surface area contributed by atoms with Crippen molar-refractivity contribution >= 4 is 16.2 Å².